The lowest BCUT2D eigenvalue weighted by molar-refractivity contribution is 0.243. The molecule has 15 rings (SSSR count). The van der Waals surface area contributed by atoms with Crippen LogP contribution in [0.15, 0.2) is 60.7 Å². The molecule has 0 N–H and O–H groups in total. The molecule has 95 heavy (non-hydrogen) atoms. The van der Waals surface area contributed by atoms with Gasteiger partial charge in [0, 0.05) is 87.7 Å². The van der Waals surface area contributed by atoms with E-state index in [1.807, 2.05) is 0 Å². The highest BCUT2D eigenvalue weighted by Crippen LogP contribution is 2.44. The molecule has 0 heterocycles. The van der Waals surface area contributed by atoms with Gasteiger partial charge < -0.3 is 47.4 Å². The fraction of sp³-hybridized carbons (Fsp3) is 0.647. The van der Waals surface area contributed by atoms with E-state index in [1.54, 1.807) is 0 Å². The molecule has 0 saturated heterocycles. The maximum Gasteiger partial charge on any atom is 0.123 e. The lowest BCUT2D eigenvalue weighted by Crippen LogP contribution is -2.14. The quantitative estimate of drug-likeness (QED) is 0.0370. The van der Waals surface area contributed by atoms with Crippen LogP contribution in [0.2, 0.25) is 0 Å². The summed E-state index contributed by atoms with van der Waals surface area (Å²) in [4.78, 5) is 0. The van der Waals surface area contributed by atoms with Crippen LogP contribution in [0.5, 0.6) is 57.5 Å². The van der Waals surface area contributed by atoms with Gasteiger partial charge in [-0.1, -0.05) is 203 Å². The van der Waals surface area contributed by atoms with E-state index in [9.17, 15) is 0 Å². The molecule has 0 spiro atoms. The molecule has 530 valence electrons. The standard InChI is InChI=1S/C85H130O10/c1-21-56(11)46-86-76-36-67-32-69-39-81(91-51-61(16)26-6)71(41-80(69)90-50-60(15)25-5)34-73-43-85(95-55-65(20)30-10)75(45-84(73)94-54-64(19)29-9)35-74-44-82(92-52-62(17)27-7)72(42-83(74)93-53-63(18)28-8)33-70-40-78(88-48-58(13)23-3)68(38-79(70)89-49-59(14)24-4)31-66(76)37-77(67)87-47-57(12)22-2/h36-45,56-65H,21-35,46-55H2,1-20H3/t56-,57-,58-,59-,60-,61-,62-,63-,64-,65-/m0/s1. The minimum atomic E-state index is 0.332. The van der Waals surface area contributed by atoms with E-state index in [2.05, 4.69) is 199 Å². The Hall–Kier alpha value is -5.90. The molecule has 10 aliphatic rings. The monoisotopic (exact) mass is 1310 g/mol. The minimum absolute atomic E-state index is 0.332. The highest BCUT2D eigenvalue weighted by atomic mass is 16.5. The highest BCUT2D eigenvalue weighted by Gasteiger charge is 2.27. The molecule has 10 atom stereocenters. The first-order chi connectivity index (χ1) is 45.7. The molecule has 0 aromatic heterocycles. The molecular formula is C85H130O10. The minimum Gasteiger partial charge on any atom is -0.493 e. The first kappa shape index (κ1) is 78.1. The Morgan fingerprint density at radius 1 is 0.179 bits per heavy atom. The average Bonchev–Trinajstić information content (AvgIpc) is 1.05. The van der Waals surface area contributed by atoms with Crippen molar-refractivity contribution >= 4 is 0 Å². The number of hydrogen-bond donors (Lipinski definition) is 0. The van der Waals surface area contributed by atoms with Crippen LogP contribution in [0, 0.1) is 59.2 Å². The highest BCUT2D eigenvalue weighted by molar-refractivity contribution is 5.60. The van der Waals surface area contributed by atoms with Gasteiger partial charge in [-0.3, -0.25) is 0 Å². The van der Waals surface area contributed by atoms with Crippen molar-refractivity contribution in [1.82, 2.24) is 0 Å². The molecule has 0 unspecified atom stereocenters. The Morgan fingerprint density at radius 3 is 0.337 bits per heavy atom. The largest absolute Gasteiger partial charge is 0.493 e. The molecule has 0 fully saturated rings. The summed E-state index contributed by atoms with van der Waals surface area (Å²) in [6.45, 7) is 50.7. The molecule has 5 aromatic carbocycles. The summed E-state index contributed by atoms with van der Waals surface area (Å²) in [5.41, 5.74) is 10.3. The molecule has 10 aliphatic carbocycles. The van der Waals surface area contributed by atoms with Crippen LogP contribution in [0.3, 0.4) is 0 Å². The Morgan fingerprint density at radius 2 is 0.263 bits per heavy atom. The van der Waals surface area contributed by atoms with Gasteiger partial charge >= 0.3 is 0 Å². The van der Waals surface area contributed by atoms with Crippen LogP contribution in [0.4, 0.5) is 0 Å². The summed E-state index contributed by atoms with van der Waals surface area (Å²) in [5.74, 6) is 11.7. The van der Waals surface area contributed by atoms with Crippen molar-refractivity contribution in [3.05, 3.63) is 116 Å². The molecule has 10 heteroatoms. The normalized spacial score (nSPS) is 15.6. The zero-order valence-corrected chi connectivity index (χ0v) is 63.3. The SMILES string of the molecule is CC[C@H](C)COc1cc2c(OC[C@@H](C)CC)cc1Cc1cc(OC[C@@H](C)CC)c(cc1OC[C@@H](C)CC)Cc1cc(OC[C@@H](C)CC)c(cc1OC[C@@H](C)CC)Cc1cc(OC[C@@H](C)CC)c(cc1OC[C@@H](C)CC)Cc1cc(OC[C@@H](C)CC)c(cc1OC[C@@H](C)CC)C2. The summed E-state index contributed by atoms with van der Waals surface area (Å²) in [7, 11) is 0. The van der Waals surface area contributed by atoms with E-state index >= 15 is 0 Å². The van der Waals surface area contributed by atoms with Crippen molar-refractivity contribution in [2.45, 2.75) is 235 Å². The topological polar surface area (TPSA) is 92.3 Å². The third-order valence-electron chi connectivity index (χ3n) is 20.3. The molecule has 0 aliphatic heterocycles. The average molecular weight is 1310 g/mol. The van der Waals surface area contributed by atoms with Crippen LogP contribution >= 0.6 is 0 Å². The maximum atomic E-state index is 7.13. The smallest absolute Gasteiger partial charge is 0.123 e. The Kier molecular flexibility index (Phi) is 33.0. The zero-order valence-electron chi connectivity index (χ0n) is 63.3. The number of rotatable bonds is 40. The van der Waals surface area contributed by atoms with E-state index < -0.39 is 0 Å². The van der Waals surface area contributed by atoms with Crippen molar-refractivity contribution in [1.29, 1.82) is 0 Å². The second kappa shape index (κ2) is 40.1. The van der Waals surface area contributed by atoms with Gasteiger partial charge in [0.05, 0.1) is 66.1 Å². The van der Waals surface area contributed by atoms with Crippen molar-refractivity contribution in [3.8, 4) is 57.5 Å². The second-order valence-corrected chi connectivity index (χ2v) is 29.5. The van der Waals surface area contributed by atoms with Crippen molar-refractivity contribution in [2.75, 3.05) is 66.1 Å². The second-order valence-electron chi connectivity index (χ2n) is 29.5. The van der Waals surface area contributed by atoms with Crippen molar-refractivity contribution in [2.24, 2.45) is 59.2 Å². The molecule has 10 bridgehead atoms. The Bertz CT molecular complexity index is 2400. The predicted octanol–water partition coefficient (Wildman–Crippen LogP) is 22.2. The fourth-order valence-electron chi connectivity index (χ4n) is 10.5. The third kappa shape index (κ3) is 24.3. The summed E-state index contributed by atoms with van der Waals surface area (Å²) in [6.07, 6.45) is 12.5. The van der Waals surface area contributed by atoms with Gasteiger partial charge in [0.1, 0.15) is 57.5 Å². The Balaban J connectivity index is 1.83. The Labute approximate surface area is 578 Å². The number of ether oxygens (including phenoxy) is 10. The van der Waals surface area contributed by atoms with Crippen LogP contribution < -0.4 is 47.4 Å². The third-order valence-corrected chi connectivity index (χ3v) is 20.3. The van der Waals surface area contributed by atoms with Gasteiger partial charge in [-0.25, -0.2) is 0 Å². The van der Waals surface area contributed by atoms with E-state index in [0.29, 0.717) is 157 Å². The molecule has 5 aromatic rings. The zero-order chi connectivity index (χ0) is 69.1. The molecule has 0 saturated carbocycles. The van der Waals surface area contributed by atoms with Crippen LogP contribution in [0.25, 0.3) is 0 Å². The first-order valence-electron chi connectivity index (χ1n) is 37.7. The summed E-state index contributed by atoms with van der Waals surface area (Å²) in [5, 5.41) is 0. The van der Waals surface area contributed by atoms with Gasteiger partial charge in [-0.2, -0.15) is 0 Å². The molecule has 0 radical (unpaired) electrons. The van der Waals surface area contributed by atoms with E-state index in [-0.39, 0.29) is 0 Å². The lowest BCUT2D eigenvalue weighted by atomic mass is 9.94. The van der Waals surface area contributed by atoms with Gasteiger partial charge in [-0.05, 0) is 120 Å². The van der Waals surface area contributed by atoms with Gasteiger partial charge in [0.15, 0.2) is 0 Å². The van der Waals surface area contributed by atoms with Crippen LogP contribution in [-0.2, 0) is 32.1 Å². The van der Waals surface area contributed by atoms with E-state index in [1.165, 1.54) is 0 Å². The lowest BCUT2D eigenvalue weighted by Gasteiger charge is -2.24. The summed E-state index contributed by atoms with van der Waals surface area (Å²) < 4.78 is 71.3. The fourth-order valence-corrected chi connectivity index (χ4v) is 10.5. The van der Waals surface area contributed by atoms with Crippen LogP contribution in [-0.4, -0.2) is 66.1 Å². The molecule has 10 nitrogen and oxygen atoms in total. The van der Waals surface area contributed by atoms with E-state index in [0.717, 1.165) is 177 Å². The first-order valence-corrected chi connectivity index (χ1v) is 37.7. The molecular weight excluding hydrogens is 1180 g/mol. The predicted molar refractivity (Wildman–Crippen MR) is 396 cm³/mol. The van der Waals surface area contributed by atoms with Gasteiger partial charge in [-0.15, -0.1) is 0 Å². The number of hydrogen-bond acceptors (Lipinski definition) is 10. The maximum absolute atomic E-state index is 7.13. The van der Waals surface area contributed by atoms with Gasteiger partial charge in [0.25, 0.3) is 0 Å². The summed E-state index contributed by atoms with van der Waals surface area (Å²) >= 11 is 0. The van der Waals surface area contributed by atoms with E-state index in [4.69, 9.17) is 47.4 Å². The van der Waals surface area contributed by atoms with Crippen LogP contribution in [0.1, 0.15) is 258 Å². The molecule has 0 amide bonds. The van der Waals surface area contributed by atoms with Crippen molar-refractivity contribution < 1.29 is 47.4 Å². The summed E-state index contributed by atoms with van der Waals surface area (Å²) in [6, 6.07) is 22.6. The number of benzene rings is 5. The van der Waals surface area contributed by atoms with Crippen molar-refractivity contribution in [3.63, 3.8) is 0 Å². The van der Waals surface area contributed by atoms with Gasteiger partial charge in [0.2, 0.25) is 0 Å².